The van der Waals surface area contributed by atoms with Gasteiger partial charge in [0.1, 0.15) is 5.60 Å². The third kappa shape index (κ3) is 5.04. The quantitative estimate of drug-likeness (QED) is 0.608. The van der Waals surface area contributed by atoms with Crippen molar-refractivity contribution in [3.63, 3.8) is 0 Å². The zero-order valence-electron chi connectivity index (χ0n) is 14.0. The molecule has 1 aliphatic rings. The highest BCUT2D eigenvalue weighted by Crippen LogP contribution is 2.36. The second-order valence-corrected chi connectivity index (χ2v) is 8.73. The number of aryl methyl sites for hydroxylation is 1. The lowest BCUT2D eigenvalue weighted by Crippen LogP contribution is -2.38. The van der Waals surface area contributed by atoms with Gasteiger partial charge in [-0.2, -0.15) is 8.42 Å². The second kappa shape index (κ2) is 6.61. The molecule has 0 spiro atoms. The van der Waals surface area contributed by atoms with Gasteiger partial charge in [0.25, 0.3) is 10.1 Å². The Hall–Kier alpha value is -1.40. The Bertz CT molecular complexity index is 649. The van der Waals surface area contributed by atoms with Crippen LogP contribution >= 0.6 is 0 Å². The Kier molecular flexibility index (Phi) is 5.16. The summed E-state index contributed by atoms with van der Waals surface area (Å²) in [6, 6.07) is 6.54. The van der Waals surface area contributed by atoms with Crippen LogP contribution in [0.2, 0.25) is 0 Å². The van der Waals surface area contributed by atoms with Gasteiger partial charge in [-0.15, -0.1) is 0 Å². The molecule has 0 radical (unpaired) electrons. The zero-order chi connectivity index (χ0) is 17.3. The number of hydrogen-bond acceptors (Lipinski definition) is 5. The molecule has 1 saturated carbocycles. The number of rotatable bonds is 5. The molecule has 0 saturated heterocycles. The molecule has 5 nitrogen and oxygen atoms in total. The summed E-state index contributed by atoms with van der Waals surface area (Å²) in [5.41, 5.74) is 0.496. The standard InChI is InChI=1S/C17H24O5S/c1-12-5-7-15(8-6-12)23(19,20)21-11-13-9-14(10-13)16(18)22-17(2,3)4/h5-8,13-14H,9-11H2,1-4H3. The van der Waals surface area contributed by atoms with Crippen molar-refractivity contribution in [3.05, 3.63) is 29.8 Å². The molecule has 0 atom stereocenters. The molecule has 6 heteroatoms. The van der Waals surface area contributed by atoms with E-state index in [0.717, 1.165) is 5.56 Å². The van der Waals surface area contributed by atoms with E-state index in [9.17, 15) is 13.2 Å². The van der Waals surface area contributed by atoms with Crippen LogP contribution in [0.25, 0.3) is 0 Å². The molecule has 1 aromatic rings. The Balaban J connectivity index is 1.80. The largest absolute Gasteiger partial charge is 0.460 e. The first kappa shape index (κ1) is 17.9. The summed E-state index contributed by atoms with van der Waals surface area (Å²) in [7, 11) is -3.73. The molecule has 0 amide bonds. The SMILES string of the molecule is Cc1ccc(S(=O)(=O)OCC2CC(C(=O)OC(C)(C)C)C2)cc1. The molecule has 2 rings (SSSR count). The molecule has 128 valence electrons. The van der Waals surface area contributed by atoms with Crippen LogP contribution in [-0.4, -0.2) is 26.6 Å². The summed E-state index contributed by atoms with van der Waals surface area (Å²) in [6.07, 6.45) is 1.22. The molecule has 0 heterocycles. The first-order valence-electron chi connectivity index (χ1n) is 7.76. The predicted molar refractivity (Wildman–Crippen MR) is 86.4 cm³/mol. The van der Waals surface area contributed by atoms with Crippen LogP contribution in [0.15, 0.2) is 29.2 Å². The molecule has 0 aliphatic heterocycles. The van der Waals surface area contributed by atoms with E-state index in [1.807, 2.05) is 27.7 Å². The van der Waals surface area contributed by atoms with Crippen LogP contribution < -0.4 is 0 Å². The van der Waals surface area contributed by atoms with Gasteiger partial charge >= 0.3 is 5.97 Å². The Morgan fingerprint density at radius 1 is 1.17 bits per heavy atom. The number of esters is 1. The zero-order valence-corrected chi connectivity index (χ0v) is 14.9. The van der Waals surface area contributed by atoms with Crippen LogP contribution in [0.3, 0.4) is 0 Å². The number of carbonyl (C=O) groups excluding carboxylic acids is 1. The highest BCUT2D eigenvalue weighted by molar-refractivity contribution is 7.86. The van der Waals surface area contributed by atoms with Crippen molar-refractivity contribution in [2.75, 3.05) is 6.61 Å². The van der Waals surface area contributed by atoms with Gasteiger partial charge in [0.05, 0.1) is 17.4 Å². The number of benzene rings is 1. The van der Waals surface area contributed by atoms with Crippen molar-refractivity contribution in [2.24, 2.45) is 11.8 Å². The highest BCUT2D eigenvalue weighted by Gasteiger charge is 2.38. The summed E-state index contributed by atoms with van der Waals surface area (Å²) in [4.78, 5) is 12.0. The van der Waals surface area contributed by atoms with Gasteiger partial charge in [0.2, 0.25) is 0 Å². The van der Waals surface area contributed by atoms with Gasteiger partial charge in [-0.25, -0.2) is 0 Å². The number of carbonyl (C=O) groups is 1. The normalized spacial score (nSPS) is 21.6. The average molecular weight is 340 g/mol. The molecule has 1 aliphatic carbocycles. The first-order valence-corrected chi connectivity index (χ1v) is 9.16. The summed E-state index contributed by atoms with van der Waals surface area (Å²) in [5.74, 6) is -0.284. The smallest absolute Gasteiger partial charge is 0.309 e. The summed E-state index contributed by atoms with van der Waals surface area (Å²) in [5, 5.41) is 0. The van der Waals surface area contributed by atoms with Crippen LogP contribution in [-0.2, 0) is 23.8 Å². The van der Waals surface area contributed by atoms with Crippen molar-refractivity contribution in [2.45, 2.75) is 51.0 Å². The summed E-state index contributed by atoms with van der Waals surface area (Å²) < 4.78 is 34.6. The second-order valence-electron chi connectivity index (χ2n) is 7.12. The van der Waals surface area contributed by atoms with Crippen LogP contribution in [0.1, 0.15) is 39.2 Å². The molecule has 0 unspecified atom stereocenters. The van der Waals surface area contributed by atoms with Gasteiger partial charge < -0.3 is 4.74 Å². The van der Waals surface area contributed by atoms with Gasteiger partial charge in [0, 0.05) is 0 Å². The molecule has 0 bridgehead atoms. The maximum atomic E-state index is 12.1. The van der Waals surface area contributed by atoms with E-state index < -0.39 is 15.7 Å². The van der Waals surface area contributed by atoms with E-state index >= 15 is 0 Å². The number of hydrogen-bond donors (Lipinski definition) is 0. The van der Waals surface area contributed by atoms with Crippen molar-refractivity contribution in [1.82, 2.24) is 0 Å². The lowest BCUT2D eigenvalue weighted by atomic mass is 9.75. The Labute approximate surface area is 138 Å². The number of ether oxygens (including phenoxy) is 1. The maximum Gasteiger partial charge on any atom is 0.309 e. The fraction of sp³-hybridized carbons (Fsp3) is 0.588. The van der Waals surface area contributed by atoms with E-state index in [0.29, 0.717) is 12.8 Å². The predicted octanol–water partition coefficient (Wildman–Crippen LogP) is 3.07. The Morgan fingerprint density at radius 3 is 2.26 bits per heavy atom. The van der Waals surface area contributed by atoms with Crippen LogP contribution in [0.4, 0.5) is 0 Å². The lowest BCUT2D eigenvalue weighted by molar-refractivity contribution is -0.165. The topological polar surface area (TPSA) is 69.7 Å². The molecule has 0 aromatic heterocycles. The molecule has 1 fully saturated rings. The fourth-order valence-corrected chi connectivity index (χ4v) is 3.39. The molecule has 0 N–H and O–H groups in total. The van der Waals surface area contributed by atoms with Crippen molar-refractivity contribution < 1.29 is 22.1 Å². The van der Waals surface area contributed by atoms with Gasteiger partial charge in [-0.1, -0.05) is 17.7 Å². The van der Waals surface area contributed by atoms with E-state index in [4.69, 9.17) is 8.92 Å². The first-order chi connectivity index (χ1) is 10.6. The summed E-state index contributed by atoms with van der Waals surface area (Å²) >= 11 is 0. The fourth-order valence-electron chi connectivity index (χ4n) is 2.41. The minimum atomic E-state index is -3.73. The maximum absolute atomic E-state index is 12.1. The third-order valence-corrected chi connectivity index (χ3v) is 5.04. The van der Waals surface area contributed by atoms with E-state index in [1.165, 1.54) is 12.1 Å². The van der Waals surface area contributed by atoms with Crippen LogP contribution in [0, 0.1) is 18.8 Å². The minimum absolute atomic E-state index is 0.0766. The van der Waals surface area contributed by atoms with E-state index in [1.54, 1.807) is 12.1 Å². The van der Waals surface area contributed by atoms with Crippen molar-refractivity contribution >= 4 is 16.1 Å². The van der Waals surface area contributed by atoms with Gasteiger partial charge in [-0.3, -0.25) is 8.98 Å². The van der Waals surface area contributed by atoms with Crippen LogP contribution in [0.5, 0.6) is 0 Å². The molecule has 1 aromatic carbocycles. The van der Waals surface area contributed by atoms with Gasteiger partial charge in [-0.05, 0) is 58.6 Å². The molecular formula is C17H24O5S. The van der Waals surface area contributed by atoms with E-state index in [-0.39, 0.29) is 29.3 Å². The van der Waals surface area contributed by atoms with Crippen molar-refractivity contribution in [3.8, 4) is 0 Å². The average Bonchev–Trinajstić information content (AvgIpc) is 2.35. The Morgan fingerprint density at radius 2 is 1.74 bits per heavy atom. The molecular weight excluding hydrogens is 316 g/mol. The highest BCUT2D eigenvalue weighted by atomic mass is 32.2. The minimum Gasteiger partial charge on any atom is -0.460 e. The van der Waals surface area contributed by atoms with E-state index in [2.05, 4.69) is 0 Å². The lowest BCUT2D eigenvalue weighted by Gasteiger charge is -2.34. The monoisotopic (exact) mass is 340 g/mol. The third-order valence-electron chi connectivity index (χ3n) is 3.74. The summed E-state index contributed by atoms with van der Waals surface area (Å²) in [6.45, 7) is 7.49. The van der Waals surface area contributed by atoms with Crippen molar-refractivity contribution in [1.29, 1.82) is 0 Å². The molecule has 23 heavy (non-hydrogen) atoms. The van der Waals surface area contributed by atoms with Gasteiger partial charge in [0.15, 0.2) is 0 Å².